The van der Waals surface area contributed by atoms with Crippen molar-refractivity contribution in [1.29, 1.82) is 0 Å². The molecule has 0 saturated heterocycles. The van der Waals surface area contributed by atoms with E-state index in [0.717, 1.165) is 17.8 Å². The minimum absolute atomic E-state index is 0.629. The van der Waals surface area contributed by atoms with Crippen LogP contribution in [0.1, 0.15) is 55.7 Å². The van der Waals surface area contributed by atoms with Gasteiger partial charge in [0, 0.05) is 6.04 Å². The van der Waals surface area contributed by atoms with Gasteiger partial charge in [-0.05, 0) is 74.0 Å². The lowest BCUT2D eigenvalue weighted by Crippen LogP contribution is -2.31. The van der Waals surface area contributed by atoms with Gasteiger partial charge < -0.3 is 5.32 Å². The Morgan fingerprint density at radius 3 is 2.84 bits per heavy atom. The van der Waals surface area contributed by atoms with E-state index in [9.17, 15) is 0 Å². The van der Waals surface area contributed by atoms with E-state index in [1.807, 2.05) is 0 Å². The number of hydrogen-bond acceptors (Lipinski definition) is 1. The molecule has 4 unspecified atom stereocenters. The lowest BCUT2D eigenvalue weighted by Gasteiger charge is -2.29. The second kappa shape index (κ2) is 4.94. The quantitative estimate of drug-likeness (QED) is 0.858. The summed E-state index contributed by atoms with van der Waals surface area (Å²) in [6.07, 6.45) is 10.0. The summed E-state index contributed by atoms with van der Waals surface area (Å²) in [5.41, 5.74) is 3.16. The molecule has 1 heteroatoms. The summed E-state index contributed by atoms with van der Waals surface area (Å²) in [7, 11) is 0. The molecule has 1 nitrogen and oxygen atoms in total. The number of nitrogens with one attached hydrogen (secondary N) is 1. The molecule has 0 amide bonds. The first kappa shape index (κ1) is 12.0. The van der Waals surface area contributed by atoms with E-state index < -0.39 is 0 Å². The zero-order valence-electron chi connectivity index (χ0n) is 11.8. The summed E-state index contributed by atoms with van der Waals surface area (Å²) in [6, 6.07) is 9.69. The van der Waals surface area contributed by atoms with Crippen molar-refractivity contribution >= 4 is 0 Å². The Morgan fingerprint density at radius 1 is 1.05 bits per heavy atom. The molecule has 1 aromatic carbocycles. The van der Waals surface area contributed by atoms with Crippen LogP contribution in [0.4, 0.5) is 0 Å². The summed E-state index contributed by atoms with van der Waals surface area (Å²) in [5, 5.41) is 3.90. The summed E-state index contributed by atoms with van der Waals surface area (Å²) in [4.78, 5) is 0. The third-order valence-corrected chi connectivity index (χ3v) is 5.88. The highest BCUT2D eigenvalue weighted by Gasteiger charge is 2.39. The summed E-state index contributed by atoms with van der Waals surface area (Å²) in [6.45, 7) is 1.26. The Hall–Kier alpha value is -0.820. The first-order chi connectivity index (χ1) is 9.40. The Bertz CT molecular complexity index is 453. The Morgan fingerprint density at radius 2 is 2.00 bits per heavy atom. The van der Waals surface area contributed by atoms with Crippen LogP contribution in [0.5, 0.6) is 0 Å². The highest BCUT2D eigenvalue weighted by Crippen LogP contribution is 2.48. The van der Waals surface area contributed by atoms with Crippen LogP contribution in [-0.4, -0.2) is 6.54 Å². The van der Waals surface area contributed by atoms with Crippen LogP contribution in [0.25, 0.3) is 0 Å². The van der Waals surface area contributed by atoms with E-state index in [2.05, 4.69) is 29.6 Å². The summed E-state index contributed by atoms with van der Waals surface area (Å²) >= 11 is 0. The smallest absolute Gasteiger partial charge is 0.0323 e. The van der Waals surface area contributed by atoms with E-state index in [1.54, 1.807) is 11.1 Å². The van der Waals surface area contributed by atoms with Gasteiger partial charge >= 0.3 is 0 Å². The van der Waals surface area contributed by atoms with Crippen LogP contribution in [0.3, 0.4) is 0 Å². The number of benzene rings is 1. The molecule has 2 fully saturated rings. The van der Waals surface area contributed by atoms with Gasteiger partial charge in [-0.3, -0.25) is 0 Å². The predicted octanol–water partition coefficient (Wildman–Crippen LogP) is 4.09. The number of hydrogen-bond donors (Lipinski definition) is 1. The van der Waals surface area contributed by atoms with Crippen molar-refractivity contribution in [2.45, 2.75) is 51.0 Å². The van der Waals surface area contributed by atoms with Crippen LogP contribution in [0, 0.1) is 17.8 Å². The van der Waals surface area contributed by atoms with Gasteiger partial charge in [-0.25, -0.2) is 0 Å². The van der Waals surface area contributed by atoms with Crippen LogP contribution >= 0.6 is 0 Å². The van der Waals surface area contributed by atoms with E-state index in [0.29, 0.717) is 6.04 Å². The second-order valence-corrected chi connectivity index (χ2v) is 6.99. The molecule has 0 aliphatic heterocycles. The fourth-order valence-electron chi connectivity index (χ4n) is 4.89. The summed E-state index contributed by atoms with van der Waals surface area (Å²) < 4.78 is 0. The molecule has 0 aromatic heterocycles. The van der Waals surface area contributed by atoms with Gasteiger partial charge in [0.05, 0.1) is 0 Å². The summed E-state index contributed by atoms with van der Waals surface area (Å²) in [5.74, 6) is 3.11. The molecule has 3 aliphatic rings. The molecule has 1 aromatic rings. The topological polar surface area (TPSA) is 12.0 Å². The Labute approximate surface area is 116 Å². The van der Waals surface area contributed by atoms with Crippen LogP contribution in [0.2, 0.25) is 0 Å². The SMILES string of the molecule is c1ccc2c(c1)CCCC2NCC1CC2CCC1C2. The van der Waals surface area contributed by atoms with Crippen LogP contribution in [0.15, 0.2) is 24.3 Å². The minimum atomic E-state index is 0.629. The third-order valence-electron chi connectivity index (χ3n) is 5.88. The van der Waals surface area contributed by atoms with Gasteiger partial charge in [-0.1, -0.05) is 30.7 Å². The molecule has 3 aliphatic carbocycles. The molecular formula is C18H25N. The molecule has 1 N–H and O–H groups in total. The lowest BCUT2D eigenvalue weighted by molar-refractivity contribution is 0.299. The normalized spacial score (nSPS) is 36.4. The largest absolute Gasteiger partial charge is 0.310 e. The first-order valence-corrected chi connectivity index (χ1v) is 8.21. The van der Waals surface area contributed by atoms with Crippen molar-refractivity contribution in [2.24, 2.45) is 17.8 Å². The molecule has 19 heavy (non-hydrogen) atoms. The number of rotatable bonds is 3. The highest BCUT2D eigenvalue weighted by atomic mass is 14.9. The molecular weight excluding hydrogens is 230 g/mol. The van der Waals surface area contributed by atoms with E-state index >= 15 is 0 Å². The maximum Gasteiger partial charge on any atom is 0.0323 e. The molecule has 2 saturated carbocycles. The van der Waals surface area contributed by atoms with Gasteiger partial charge in [0.2, 0.25) is 0 Å². The third kappa shape index (κ3) is 2.23. The van der Waals surface area contributed by atoms with Gasteiger partial charge in [-0.2, -0.15) is 0 Å². The monoisotopic (exact) mass is 255 g/mol. The standard InChI is InChI=1S/C18H25N/c1-2-6-17-14(4-1)5-3-7-18(17)19-12-16-11-13-8-9-15(16)10-13/h1-2,4,6,13,15-16,18-19H,3,5,7-12H2. The Balaban J connectivity index is 1.41. The van der Waals surface area contributed by atoms with Crippen LogP contribution in [-0.2, 0) is 6.42 Å². The minimum Gasteiger partial charge on any atom is -0.310 e. The first-order valence-electron chi connectivity index (χ1n) is 8.21. The molecule has 102 valence electrons. The maximum absolute atomic E-state index is 3.90. The van der Waals surface area contributed by atoms with Crippen molar-refractivity contribution < 1.29 is 0 Å². The average Bonchev–Trinajstić information content (AvgIpc) is 3.07. The highest BCUT2D eigenvalue weighted by molar-refractivity contribution is 5.32. The maximum atomic E-state index is 3.90. The second-order valence-electron chi connectivity index (χ2n) is 6.99. The average molecular weight is 255 g/mol. The van der Waals surface area contributed by atoms with Gasteiger partial charge in [0.25, 0.3) is 0 Å². The Kier molecular flexibility index (Phi) is 3.11. The molecule has 0 spiro atoms. The van der Waals surface area contributed by atoms with Gasteiger partial charge in [-0.15, -0.1) is 0 Å². The lowest BCUT2D eigenvalue weighted by atomic mass is 9.85. The van der Waals surface area contributed by atoms with Crippen LogP contribution < -0.4 is 5.32 Å². The number of aryl methyl sites for hydroxylation is 1. The number of fused-ring (bicyclic) bond motifs is 3. The molecule has 0 heterocycles. The molecule has 0 radical (unpaired) electrons. The zero-order chi connectivity index (χ0) is 12.7. The fourth-order valence-corrected chi connectivity index (χ4v) is 4.89. The van der Waals surface area contributed by atoms with E-state index in [-0.39, 0.29) is 0 Å². The van der Waals surface area contributed by atoms with Crippen molar-refractivity contribution in [3.8, 4) is 0 Å². The van der Waals surface area contributed by atoms with E-state index in [4.69, 9.17) is 0 Å². The fraction of sp³-hybridized carbons (Fsp3) is 0.667. The van der Waals surface area contributed by atoms with E-state index in [1.165, 1.54) is 51.5 Å². The molecule has 2 bridgehead atoms. The van der Waals surface area contributed by atoms with Crippen molar-refractivity contribution in [2.75, 3.05) is 6.54 Å². The predicted molar refractivity (Wildman–Crippen MR) is 79.1 cm³/mol. The zero-order valence-corrected chi connectivity index (χ0v) is 11.8. The molecule has 4 rings (SSSR count). The molecule has 4 atom stereocenters. The van der Waals surface area contributed by atoms with Crippen molar-refractivity contribution in [1.82, 2.24) is 5.32 Å². The van der Waals surface area contributed by atoms with Crippen molar-refractivity contribution in [3.63, 3.8) is 0 Å². The van der Waals surface area contributed by atoms with Crippen molar-refractivity contribution in [3.05, 3.63) is 35.4 Å². The van der Waals surface area contributed by atoms with Gasteiger partial charge in [0.1, 0.15) is 0 Å². The van der Waals surface area contributed by atoms with Gasteiger partial charge in [0.15, 0.2) is 0 Å².